The molecule has 0 amide bonds. The summed E-state index contributed by atoms with van der Waals surface area (Å²) in [5.41, 5.74) is 3.01. The van der Waals surface area contributed by atoms with Gasteiger partial charge >= 0.3 is 0 Å². The van der Waals surface area contributed by atoms with E-state index in [4.69, 9.17) is 19.7 Å². The van der Waals surface area contributed by atoms with Crippen LogP contribution in [0.25, 0.3) is 20.8 Å². The quantitative estimate of drug-likeness (QED) is 0.304. The van der Waals surface area contributed by atoms with Crippen molar-refractivity contribution in [2.75, 3.05) is 30.4 Å². The monoisotopic (exact) mass is 498 g/mol. The fraction of sp³-hybridized carbons (Fsp3) is 0.615. The summed E-state index contributed by atoms with van der Waals surface area (Å²) < 4.78 is 6.54. The van der Waals surface area contributed by atoms with Crippen LogP contribution in [0.15, 0.2) is 12.3 Å². The predicted molar refractivity (Wildman–Crippen MR) is 143 cm³/mol. The van der Waals surface area contributed by atoms with Gasteiger partial charge in [-0.3, -0.25) is 4.98 Å². The van der Waals surface area contributed by atoms with Crippen LogP contribution in [-0.2, 0) is 4.74 Å². The number of pyridine rings is 1. The minimum Gasteiger partial charge on any atom is -0.390 e. The SMILES string of the molecule is CCOCCCCNc1nc(C)c(-c2nc3c(C)nccc3s2)c(NC2CCC(C(C)(C)O)C2)n1. The summed E-state index contributed by atoms with van der Waals surface area (Å²) in [5, 5.41) is 18.5. The minimum absolute atomic E-state index is 0.247. The van der Waals surface area contributed by atoms with E-state index in [0.717, 1.165) is 89.9 Å². The van der Waals surface area contributed by atoms with E-state index in [9.17, 15) is 5.11 Å². The number of hydrogen-bond donors (Lipinski definition) is 3. The zero-order valence-electron chi connectivity index (χ0n) is 21.5. The lowest BCUT2D eigenvalue weighted by molar-refractivity contribution is 0.0197. The van der Waals surface area contributed by atoms with Crippen molar-refractivity contribution in [1.82, 2.24) is 19.9 Å². The van der Waals surface area contributed by atoms with Crippen LogP contribution in [0, 0.1) is 19.8 Å². The number of anilines is 2. The number of nitrogens with one attached hydrogen (secondary N) is 2. The standard InChI is InChI=1S/C26H38N6O2S/c1-6-34-14-8-7-12-28-25-29-16(2)21(24-31-22-17(3)27-13-11-20(22)35-24)23(32-25)30-19-10-9-18(15-19)26(4,5)33/h11,13,18-19,33H,6-10,12,14-15H2,1-5H3,(H2,28,29,30,32). The second-order valence-electron chi connectivity index (χ2n) is 9.95. The van der Waals surface area contributed by atoms with E-state index in [0.29, 0.717) is 5.95 Å². The van der Waals surface area contributed by atoms with Crippen molar-refractivity contribution in [2.45, 2.75) is 78.4 Å². The third-order valence-electron chi connectivity index (χ3n) is 6.77. The van der Waals surface area contributed by atoms with Gasteiger partial charge in [-0.15, -0.1) is 11.3 Å². The number of hydrogen-bond acceptors (Lipinski definition) is 9. The van der Waals surface area contributed by atoms with E-state index < -0.39 is 5.60 Å². The Morgan fingerprint density at radius 1 is 1.14 bits per heavy atom. The topological polar surface area (TPSA) is 105 Å². The zero-order chi connectivity index (χ0) is 25.0. The van der Waals surface area contributed by atoms with Crippen molar-refractivity contribution in [3.8, 4) is 10.6 Å². The van der Waals surface area contributed by atoms with Crippen LogP contribution in [0.1, 0.15) is 64.3 Å². The molecule has 1 saturated carbocycles. The average molecular weight is 499 g/mol. The Morgan fingerprint density at radius 2 is 1.97 bits per heavy atom. The number of aliphatic hydroxyl groups is 1. The van der Waals surface area contributed by atoms with E-state index in [2.05, 4.69) is 15.6 Å². The number of rotatable bonds is 11. The largest absolute Gasteiger partial charge is 0.390 e. The molecule has 190 valence electrons. The molecule has 0 spiro atoms. The summed E-state index contributed by atoms with van der Waals surface area (Å²) >= 11 is 1.65. The summed E-state index contributed by atoms with van der Waals surface area (Å²) in [4.78, 5) is 19.0. The molecular weight excluding hydrogens is 460 g/mol. The van der Waals surface area contributed by atoms with Crippen molar-refractivity contribution in [1.29, 1.82) is 0 Å². The number of ether oxygens (including phenoxy) is 1. The van der Waals surface area contributed by atoms with E-state index >= 15 is 0 Å². The molecule has 1 fully saturated rings. The Labute approximate surface area is 212 Å². The average Bonchev–Trinajstić information content (AvgIpc) is 3.44. The third kappa shape index (κ3) is 6.26. The number of aromatic nitrogens is 4. The van der Waals surface area contributed by atoms with Crippen LogP contribution in [0.4, 0.5) is 11.8 Å². The fourth-order valence-corrected chi connectivity index (χ4v) is 5.83. The zero-order valence-corrected chi connectivity index (χ0v) is 22.3. The van der Waals surface area contributed by atoms with Crippen LogP contribution in [-0.4, -0.2) is 56.4 Å². The summed E-state index contributed by atoms with van der Waals surface area (Å²) in [6.45, 7) is 12.2. The van der Waals surface area contributed by atoms with Crippen molar-refractivity contribution in [3.05, 3.63) is 23.7 Å². The van der Waals surface area contributed by atoms with Crippen LogP contribution >= 0.6 is 11.3 Å². The van der Waals surface area contributed by atoms with Gasteiger partial charge in [0.1, 0.15) is 16.3 Å². The smallest absolute Gasteiger partial charge is 0.224 e. The second-order valence-corrected chi connectivity index (χ2v) is 11.0. The molecule has 0 saturated heterocycles. The lowest BCUT2D eigenvalue weighted by Crippen LogP contribution is -2.30. The number of thiazole rings is 1. The molecule has 2 unspecified atom stereocenters. The minimum atomic E-state index is -0.674. The normalized spacial score (nSPS) is 18.3. The number of fused-ring (bicyclic) bond motifs is 1. The van der Waals surface area contributed by atoms with Crippen LogP contribution in [0.3, 0.4) is 0 Å². The highest BCUT2D eigenvalue weighted by atomic mass is 32.1. The molecule has 9 heteroatoms. The first kappa shape index (κ1) is 25.7. The van der Waals surface area contributed by atoms with Crippen LogP contribution < -0.4 is 10.6 Å². The van der Waals surface area contributed by atoms with Crippen LogP contribution in [0.5, 0.6) is 0 Å². The van der Waals surface area contributed by atoms with Gasteiger partial charge in [0, 0.05) is 32.0 Å². The maximum Gasteiger partial charge on any atom is 0.224 e. The molecule has 3 heterocycles. The lowest BCUT2D eigenvalue weighted by Gasteiger charge is -2.25. The molecule has 8 nitrogen and oxygen atoms in total. The third-order valence-corrected chi connectivity index (χ3v) is 7.81. The fourth-order valence-electron chi connectivity index (χ4n) is 4.72. The van der Waals surface area contributed by atoms with E-state index in [1.54, 1.807) is 11.3 Å². The Hall–Kier alpha value is -2.36. The molecule has 1 aliphatic carbocycles. The van der Waals surface area contributed by atoms with Gasteiger partial charge in [0.15, 0.2) is 0 Å². The van der Waals surface area contributed by atoms with Crippen LogP contribution in [0.2, 0.25) is 0 Å². The van der Waals surface area contributed by atoms with Crippen molar-refractivity contribution in [3.63, 3.8) is 0 Å². The Bertz CT molecular complexity index is 1140. The summed E-state index contributed by atoms with van der Waals surface area (Å²) in [5.74, 6) is 1.70. The maximum atomic E-state index is 10.5. The van der Waals surface area contributed by atoms with E-state index in [1.165, 1.54) is 0 Å². The maximum absolute atomic E-state index is 10.5. The van der Waals surface area contributed by atoms with Gasteiger partial charge in [-0.25, -0.2) is 9.97 Å². The first-order valence-electron chi connectivity index (χ1n) is 12.7. The predicted octanol–water partition coefficient (Wildman–Crippen LogP) is 5.35. The molecule has 3 N–H and O–H groups in total. The van der Waals surface area contributed by atoms with Gasteiger partial charge in [0.05, 0.1) is 27.3 Å². The molecule has 0 radical (unpaired) electrons. The molecule has 0 aromatic carbocycles. The van der Waals surface area contributed by atoms with Gasteiger partial charge in [0.25, 0.3) is 0 Å². The lowest BCUT2D eigenvalue weighted by atomic mass is 9.89. The molecule has 4 rings (SSSR count). The van der Waals surface area contributed by atoms with Gasteiger partial charge < -0.3 is 20.5 Å². The van der Waals surface area contributed by atoms with Gasteiger partial charge in [-0.1, -0.05) is 0 Å². The number of unbranched alkanes of at least 4 members (excludes halogenated alkanes) is 1. The molecule has 3 aromatic rings. The number of aryl methyl sites for hydroxylation is 2. The summed E-state index contributed by atoms with van der Waals surface area (Å²) in [6.07, 6.45) is 6.73. The van der Waals surface area contributed by atoms with E-state index in [1.807, 2.05) is 46.9 Å². The molecule has 0 aliphatic heterocycles. The molecule has 3 aromatic heterocycles. The van der Waals surface area contributed by atoms with Crippen molar-refractivity contribution < 1.29 is 9.84 Å². The molecular formula is C26H38N6O2S. The first-order valence-corrected chi connectivity index (χ1v) is 13.5. The second kappa shape index (κ2) is 11.1. The molecule has 2 atom stereocenters. The van der Waals surface area contributed by atoms with Gasteiger partial charge in [-0.2, -0.15) is 4.98 Å². The molecule has 1 aliphatic rings. The Balaban J connectivity index is 1.60. The summed E-state index contributed by atoms with van der Waals surface area (Å²) in [7, 11) is 0. The highest BCUT2D eigenvalue weighted by Gasteiger charge is 2.35. The van der Waals surface area contributed by atoms with E-state index in [-0.39, 0.29) is 12.0 Å². The summed E-state index contributed by atoms with van der Waals surface area (Å²) in [6, 6.07) is 2.26. The molecule has 35 heavy (non-hydrogen) atoms. The molecule has 0 bridgehead atoms. The van der Waals surface area contributed by atoms with Gasteiger partial charge in [0.2, 0.25) is 5.95 Å². The Kier molecular flexibility index (Phi) is 8.19. The highest BCUT2D eigenvalue weighted by Crippen LogP contribution is 2.39. The van der Waals surface area contributed by atoms with Gasteiger partial charge in [-0.05, 0) is 78.7 Å². The van der Waals surface area contributed by atoms with Crippen molar-refractivity contribution >= 4 is 33.3 Å². The van der Waals surface area contributed by atoms with Crippen molar-refractivity contribution in [2.24, 2.45) is 5.92 Å². The number of nitrogens with zero attached hydrogens (tertiary/aromatic N) is 4. The highest BCUT2D eigenvalue weighted by molar-refractivity contribution is 7.21. The Morgan fingerprint density at radius 3 is 2.69 bits per heavy atom. The first-order chi connectivity index (χ1) is 16.8.